The van der Waals surface area contributed by atoms with Gasteiger partial charge in [0.05, 0.1) is 12.7 Å². The predicted molar refractivity (Wildman–Crippen MR) is 75.3 cm³/mol. The van der Waals surface area contributed by atoms with Crippen molar-refractivity contribution in [2.45, 2.75) is 19.4 Å². The lowest BCUT2D eigenvalue weighted by Crippen LogP contribution is -2.25. The van der Waals surface area contributed by atoms with Gasteiger partial charge in [0.1, 0.15) is 5.75 Å². The average Bonchev–Trinajstić information content (AvgIpc) is 2.38. The number of hydrogen-bond acceptors (Lipinski definition) is 4. The van der Waals surface area contributed by atoms with Gasteiger partial charge in [0.25, 0.3) is 0 Å². The van der Waals surface area contributed by atoms with Crippen LogP contribution in [0.25, 0.3) is 0 Å². The first-order valence-electron chi connectivity index (χ1n) is 6.39. The molecule has 1 rings (SSSR count). The Balaban J connectivity index is 2.41. The third-order valence-electron chi connectivity index (χ3n) is 2.71. The van der Waals surface area contributed by atoms with Gasteiger partial charge in [0, 0.05) is 45.4 Å². The topological polar surface area (TPSA) is 47.7 Å². The number of benzene rings is 1. The Morgan fingerprint density at radius 2 is 2.11 bits per heavy atom. The maximum absolute atomic E-state index is 5.71. The molecule has 1 aromatic carbocycles. The molecule has 18 heavy (non-hydrogen) atoms. The maximum atomic E-state index is 5.71. The van der Waals surface area contributed by atoms with Gasteiger partial charge in [-0.25, -0.2) is 0 Å². The molecule has 0 aliphatic carbocycles. The molecule has 0 aromatic heterocycles. The first-order chi connectivity index (χ1) is 8.67. The summed E-state index contributed by atoms with van der Waals surface area (Å²) < 4.78 is 11.2. The molecule has 2 N–H and O–H groups in total. The lowest BCUT2D eigenvalue weighted by molar-refractivity contribution is 0.0527. The van der Waals surface area contributed by atoms with Crippen LogP contribution in [0.3, 0.4) is 0 Å². The van der Waals surface area contributed by atoms with E-state index < -0.39 is 0 Å². The number of hydrogen-bond donors (Lipinski definition) is 1. The summed E-state index contributed by atoms with van der Waals surface area (Å²) in [6.07, 6.45) is 0.906. The average molecular weight is 252 g/mol. The van der Waals surface area contributed by atoms with Gasteiger partial charge in [-0.2, -0.15) is 0 Å². The van der Waals surface area contributed by atoms with Crippen LogP contribution in [0.1, 0.15) is 13.3 Å². The van der Waals surface area contributed by atoms with Crippen LogP contribution in [0.15, 0.2) is 24.3 Å². The third kappa shape index (κ3) is 4.94. The molecule has 102 valence electrons. The highest BCUT2D eigenvalue weighted by Crippen LogP contribution is 2.19. The van der Waals surface area contributed by atoms with Gasteiger partial charge in [0.2, 0.25) is 0 Å². The summed E-state index contributed by atoms with van der Waals surface area (Å²) in [4.78, 5) is 2.05. The molecule has 0 bridgehead atoms. The van der Waals surface area contributed by atoms with Gasteiger partial charge in [-0.15, -0.1) is 0 Å². The smallest absolute Gasteiger partial charge is 0.121 e. The summed E-state index contributed by atoms with van der Waals surface area (Å²) in [6, 6.07) is 8.03. The highest BCUT2D eigenvalue weighted by molar-refractivity contribution is 5.49. The lowest BCUT2D eigenvalue weighted by atomic mass is 10.2. The van der Waals surface area contributed by atoms with Crippen molar-refractivity contribution >= 4 is 5.69 Å². The van der Waals surface area contributed by atoms with E-state index >= 15 is 0 Å². The summed E-state index contributed by atoms with van der Waals surface area (Å²) in [7, 11) is 4.03. The van der Waals surface area contributed by atoms with E-state index in [2.05, 4.69) is 11.0 Å². The fraction of sp³-hybridized carbons (Fsp3) is 0.571. The molecule has 4 heteroatoms. The minimum Gasteiger partial charge on any atom is -0.493 e. The van der Waals surface area contributed by atoms with E-state index in [0.29, 0.717) is 19.8 Å². The van der Waals surface area contributed by atoms with E-state index in [-0.39, 0.29) is 6.10 Å². The third-order valence-corrected chi connectivity index (χ3v) is 2.71. The standard InChI is InChI=1S/C14H24N2O2/c1-4-17-14(11-15)8-9-18-13-7-5-6-12(10-13)16(2)3/h5-7,10,14H,4,8-9,11,15H2,1-3H3. The molecule has 0 aliphatic rings. The van der Waals surface area contributed by atoms with Gasteiger partial charge >= 0.3 is 0 Å². The molecule has 0 heterocycles. The quantitative estimate of drug-likeness (QED) is 0.767. The van der Waals surface area contributed by atoms with Gasteiger partial charge in [-0.05, 0) is 19.1 Å². The second kappa shape index (κ2) is 7.95. The number of nitrogens with zero attached hydrogens (tertiary/aromatic N) is 1. The number of anilines is 1. The van der Waals surface area contributed by atoms with Crippen molar-refractivity contribution in [2.24, 2.45) is 5.73 Å². The minimum atomic E-state index is 0.0898. The van der Waals surface area contributed by atoms with E-state index in [1.54, 1.807) is 0 Å². The van der Waals surface area contributed by atoms with Crippen LogP contribution in [-0.2, 0) is 4.74 Å². The number of rotatable bonds is 8. The zero-order valence-electron chi connectivity index (χ0n) is 11.6. The zero-order chi connectivity index (χ0) is 13.4. The predicted octanol–water partition coefficient (Wildman–Crippen LogP) is 1.89. The van der Waals surface area contributed by atoms with Crippen molar-refractivity contribution in [1.29, 1.82) is 0 Å². The van der Waals surface area contributed by atoms with Gasteiger partial charge in [0.15, 0.2) is 0 Å². The minimum absolute atomic E-state index is 0.0898. The SMILES string of the molecule is CCOC(CN)CCOc1cccc(N(C)C)c1. The van der Waals surface area contributed by atoms with Gasteiger partial charge < -0.3 is 20.1 Å². The molecule has 0 saturated heterocycles. The van der Waals surface area contributed by atoms with Crippen LogP contribution in [0.4, 0.5) is 5.69 Å². The monoisotopic (exact) mass is 252 g/mol. The molecule has 1 atom stereocenters. The van der Waals surface area contributed by atoms with Crippen molar-refractivity contribution in [3.8, 4) is 5.75 Å². The Labute approximate surface area is 110 Å². The molecular weight excluding hydrogens is 228 g/mol. The normalized spacial score (nSPS) is 12.2. The largest absolute Gasteiger partial charge is 0.493 e. The van der Waals surface area contributed by atoms with Crippen molar-refractivity contribution in [3.05, 3.63) is 24.3 Å². The molecule has 0 spiro atoms. The van der Waals surface area contributed by atoms with Crippen LogP contribution in [0.2, 0.25) is 0 Å². The first-order valence-corrected chi connectivity index (χ1v) is 6.39. The highest BCUT2D eigenvalue weighted by Gasteiger charge is 2.06. The summed E-state index contributed by atoms with van der Waals surface area (Å²) in [5.41, 5.74) is 6.75. The van der Waals surface area contributed by atoms with Gasteiger partial charge in [-0.3, -0.25) is 0 Å². The molecule has 4 nitrogen and oxygen atoms in total. The molecule has 1 unspecified atom stereocenters. The van der Waals surface area contributed by atoms with Crippen molar-refractivity contribution in [3.63, 3.8) is 0 Å². The molecule has 0 aliphatic heterocycles. The second-order valence-corrected chi connectivity index (χ2v) is 4.34. The Morgan fingerprint density at radius 3 is 2.72 bits per heavy atom. The molecule has 0 amide bonds. The van der Waals surface area contributed by atoms with E-state index in [1.807, 2.05) is 39.2 Å². The molecule has 1 aromatic rings. The fourth-order valence-electron chi connectivity index (χ4n) is 1.66. The van der Waals surface area contributed by atoms with Crippen LogP contribution in [0.5, 0.6) is 5.75 Å². The van der Waals surface area contributed by atoms with Crippen molar-refractivity contribution in [1.82, 2.24) is 0 Å². The lowest BCUT2D eigenvalue weighted by Gasteiger charge is -2.16. The van der Waals surface area contributed by atoms with E-state index in [4.69, 9.17) is 15.2 Å². The van der Waals surface area contributed by atoms with Crippen LogP contribution < -0.4 is 15.4 Å². The Kier molecular flexibility index (Phi) is 6.54. The Morgan fingerprint density at radius 1 is 1.33 bits per heavy atom. The van der Waals surface area contributed by atoms with Gasteiger partial charge in [-0.1, -0.05) is 6.07 Å². The Hall–Kier alpha value is -1.26. The highest BCUT2D eigenvalue weighted by atomic mass is 16.5. The van der Waals surface area contributed by atoms with E-state index in [9.17, 15) is 0 Å². The fourth-order valence-corrected chi connectivity index (χ4v) is 1.66. The maximum Gasteiger partial charge on any atom is 0.121 e. The first kappa shape index (κ1) is 14.8. The Bertz CT molecular complexity index is 342. The summed E-state index contributed by atoms with van der Waals surface area (Å²) in [5, 5.41) is 0. The molecule has 0 radical (unpaired) electrons. The van der Waals surface area contributed by atoms with E-state index in [1.165, 1.54) is 0 Å². The summed E-state index contributed by atoms with van der Waals surface area (Å²) in [5.74, 6) is 0.883. The molecule has 0 saturated carbocycles. The summed E-state index contributed by atoms with van der Waals surface area (Å²) in [6.45, 7) is 3.83. The summed E-state index contributed by atoms with van der Waals surface area (Å²) >= 11 is 0. The van der Waals surface area contributed by atoms with Crippen molar-refractivity contribution < 1.29 is 9.47 Å². The number of ether oxygens (including phenoxy) is 2. The van der Waals surface area contributed by atoms with Crippen LogP contribution in [-0.4, -0.2) is 40.0 Å². The zero-order valence-corrected chi connectivity index (χ0v) is 11.6. The molecule has 0 fully saturated rings. The van der Waals surface area contributed by atoms with Crippen molar-refractivity contribution in [2.75, 3.05) is 38.8 Å². The second-order valence-electron chi connectivity index (χ2n) is 4.34. The van der Waals surface area contributed by atoms with E-state index in [0.717, 1.165) is 17.9 Å². The molecular formula is C14H24N2O2. The van der Waals surface area contributed by atoms with Crippen LogP contribution >= 0.6 is 0 Å². The number of nitrogens with two attached hydrogens (primary N) is 1. The van der Waals surface area contributed by atoms with Crippen LogP contribution in [0, 0.1) is 0 Å².